The van der Waals surface area contributed by atoms with Gasteiger partial charge in [0.25, 0.3) is 11.8 Å². The minimum Gasteiger partial charge on any atom is -0.355 e. The molecule has 2 aromatic rings. The molecule has 5 nitrogen and oxygen atoms in total. The third-order valence-electron chi connectivity index (χ3n) is 4.62. The Morgan fingerprint density at radius 1 is 1.08 bits per heavy atom. The molecule has 3 rings (SSSR count). The lowest BCUT2D eigenvalue weighted by atomic mass is 9.94. The number of hydrogen-bond acceptors (Lipinski definition) is 4. The summed E-state index contributed by atoms with van der Waals surface area (Å²) < 4.78 is 0. The molecule has 1 aliphatic carbocycles. The number of hydrogen-bond donors (Lipinski definition) is 2. The van der Waals surface area contributed by atoms with Gasteiger partial charge in [-0.2, -0.15) is 0 Å². The summed E-state index contributed by atoms with van der Waals surface area (Å²) in [5, 5.41) is 6.02. The summed E-state index contributed by atoms with van der Waals surface area (Å²) in [7, 11) is 1.57. The maximum absolute atomic E-state index is 12.6. The molecule has 2 N–H and O–H groups in total. The maximum Gasteiger partial charge on any atom is 0.256 e. The van der Waals surface area contributed by atoms with E-state index in [1.807, 2.05) is 12.1 Å². The quantitative estimate of drug-likeness (QED) is 0.864. The van der Waals surface area contributed by atoms with Crippen molar-refractivity contribution < 1.29 is 14.4 Å². The van der Waals surface area contributed by atoms with Gasteiger partial charge in [-0.25, -0.2) is 0 Å². The van der Waals surface area contributed by atoms with Crippen LogP contribution in [0.2, 0.25) is 0 Å². The van der Waals surface area contributed by atoms with Crippen LogP contribution >= 0.6 is 11.3 Å². The molecule has 6 heteroatoms. The molecule has 0 spiro atoms. The molecule has 2 amide bonds. The number of nitrogens with one attached hydrogen (secondary N) is 2. The fourth-order valence-electron chi connectivity index (χ4n) is 3.10. The van der Waals surface area contributed by atoms with Crippen LogP contribution in [-0.4, -0.2) is 24.6 Å². The van der Waals surface area contributed by atoms with Gasteiger partial charge in [0.1, 0.15) is 10.8 Å². The molecule has 136 valence electrons. The number of Topliss-reactive ketones (excluding diaryl/α,β-unsaturated/α-hetero) is 1. The first-order valence-corrected chi connectivity index (χ1v) is 9.52. The largest absolute Gasteiger partial charge is 0.355 e. The van der Waals surface area contributed by atoms with E-state index in [-0.39, 0.29) is 17.6 Å². The molecule has 1 aromatic carbocycles. The third kappa shape index (κ3) is 3.55. The number of thiophene rings is 1. The minimum absolute atomic E-state index is 0.171. The highest BCUT2D eigenvalue weighted by molar-refractivity contribution is 7.17. The number of benzene rings is 1. The molecule has 0 saturated heterocycles. The van der Waals surface area contributed by atoms with Gasteiger partial charge in [-0.3, -0.25) is 14.4 Å². The van der Waals surface area contributed by atoms with Crippen molar-refractivity contribution >= 4 is 33.9 Å². The molecular weight excluding hydrogens is 348 g/mol. The van der Waals surface area contributed by atoms with E-state index >= 15 is 0 Å². The van der Waals surface area contributed by atoms with Crippen molar-refractivity contribution in [1.29, 1.82) is 0 Å². The number of rotatable bonds is 4. The Morgan fingerprint density at radius 3 is 2.38 bits per heavy atom. The molecule has 0 bridgehead atoms. The summed E-state index contributed by atoms with van der Waals surface area (Å²) in [5.74, 6) is 0.0792. The molecule has 1 heterocycles. The van der Waals surface area contributed by atoms with Crippen molar-refractivity contribution in [2.24, 2.45) is 0 Å². The summed E-state index contributed by atoms with van der Waals surface area (Å²) >= 11 is 1.33. The number of fused-ring (bicyclic) bond motifs is 1. The number of ketones is 1. The first-order chi connectivity index (χ1) is 12.4. The highest BCUT2D eigenvalue weighted by Crippen LogP contribution is 2.37. The molecule has 0 atom stereocenters. The Morgan fingerprint density at radius 2 is 1.77 bits per heavy atom. The highest BCUT2D eigenvalue weighted by Gasteiger charge is 2.28. The molecule has 1 aromatic heterocycles. The van der Waals surface area contributed by atoms with Crippen LogP contribution in [0.3, 0.4) is 0 Å². The normalized spacial score (nSPS) is 13.5. The van der Waals surface area contributed by atoms with Crippen molar-refractivity contribution in [3.05, 3.63) is 51.4 Å². The van der Waals surface area contributed by atoms with Gasteiger partial charge < -0.3 is 10.6 Å². The maximum atomic E-state index is 12.6. The van der Waals surface area contributed by atoms with E-state index in [2.05, 4.69) is 24.5 Å². The lowest BCUT2D eigenvalue weighted by molar-refractivity contribution is -0.118. The standard InChI is InChI=1S/C20H22N2O3S/c1-11(2)12-4-6-13(7-5-12)18(24)22-20-17(19(25)21-3)15-9-8-14(23)10-16(15)26-20/h4-7,11H,8-10H2,1-3H3,(H,21,25)(H,22,24). The molecule has 0 saturated carbocycles. The van der Waals surface area contributed by atoms with E-state index < -0.39 is 0 Å². The third-order valence-corrected chi connectivity index (χ3v) is 5.77. The molecule has 0 fully saturated rings. The fourth-order valence-corrected chi connectivity index (χ4v) is 4.37. The Labute approximate surface area is 156 Å². The van der Waals surface area contributed by atoms with E-state index in [0.717, 1.165) is 16.0 Å². The second kappa shape index (κ2) is 7.41. The van der Waals surface area contributed by atoms with Gasteiger partial charge in [0.05, 0.1) is 5.56 Å². The molecule has 1 aliphatic rings. The van der Waals surface area contributed by atoms with E-state index in [0.29, 0.717) is 41.3 Å². The minimum atomic E-state index is -0.254. The van der Waals surface area contributed by atoms with Crippen LogP contribution in [0.1, 0.15) is 62.9 Å². The summed E-state index contributed by atoms with van der Waals surface area (Å²) in [4.78, 5) is 37.6. The average Bonchev–Trinajstić information content (AvgIpc) is 2.97. The predicted molar refractivity (Wildman–Crippen MR) is 103 cm³/mol. The zero-order valence-corrected chi connectivity index (χ0v) is 16.0. The van der Waals surface area contributed by atoms with Crippen molar-refractivity contribution in [3.8, 4) is 0 Å². The SMILES string of the molecule is CNC(=O)c1c(NC(=O)c2ccc(C(C)C)cc2)sc2c1CCC(=O)C2. The van der Waals surface area contributed by atoms with Crippen LogP contribution in [0.15, 0.2) is 24.3 Å². The molecule has 0 aliphatic heterocycles. The lowest BCUT2D eigenvalue weighted by Gasteiger charge is -2.12. The Kier molecular flexibility index (Phi) is 5.23. The number of carbonyl (C=O) groups is 3. The summed E-state index contributed by atoms with van der Waals surface area (Å²) in [6, 6.07) is 7.47. The van der Waals surface area contributed by atoms with E-state index in [1.165, 1.54) is 11.3 Å². The topological polar surface area (TPSA) is 75.3 Å². The summed E-state index contributed by atoms with van der Waals surface area (Å²) in [5.41, 5.74) is 3.09. The molecular formula is C20H22N2O3S. The van der Waals surface area contributed by atoms with Crippen LogP contribution in [0.5, 0.6) is 0 Å². The van der Waals surface area contributed by atoms with Crippen LogP contribution in [0.25, 0.3) is 0 Å². The number of anilines is 1. The lowest BCUT2D eigenvalue weighted by Crippen LogP contribution is -2.23. The van der Waals surface area contributed by atoms with Gasteiger partial charge in [-0.15, -0.1) is 11.3 Å². The van der Waals surface area contributed by atoms with E-state index in [4.69, 9.17) is 0 Å². The Bertz CT molecular complexity index is 866. The zero-order chi connectivity index (χ0) is 18.8. The summed E-state index contributed by atoms with van der Waals surface area (Å²) in [6.45, 7) is 4.20. The number of amides is 2. The van der Waals surface area contributed by atoms with Gasteiger partial charge in [-0.05, 0) is 35.6 Å². The van der Waals surface area contributed by atoms with Crippen LogP contribution in [0, 0.1) is 0 Å². The highest BCUT2D eigenvalue weighted by atomic mass is 32.1. The van der Waals surface area contributed by atoms with Crippen LogP contribution < -0.4 is 10.6 Å². The molecule has 26 heavy (non-hydrogen) atoms. The fraction of sp³-hybridized carbons (Fsp3) is 0.350. The monoisotopic (exact) mass is 370 g/mol. The second-order valence-corrected chi connectivity index (χ2v) is 7.84. The first-order valence-electron chi connectivity index (χ1n) is 8.70. The van der Waals surface area contributed by atoms with Gasteiger partial charge in [0, 0.05) is 30.3 Å². The van der Waals surface area contributed by atoms with Crippen molar-refractivity contribution in [2.45, 2.75) is 39.0 Å². The Balaban J connectivity index is 1.90. The van der Waals surface area contributed by atoms with Crippen molar-refractivity contribution in [2.75, 3.05) is 12.4 Å². The van der Waals surface area contributed by atoms with Gasteiger partial charge in [-0.1, -0.05) is 26.0 Å². The van der Waals surface area contributed by atoms with Crippen molar-refractivity contribution in [1.82, 2.24) is 5.32 Å². The van der Waals surface area contributed by atoms with Crippen molar-refractivity contribution in [3.63, 3.8) is 0 Å². The van der Waals surface area contributed by atoms with E-state index in [1.54, 1.807) is 19.2 Å². The van der Waals surface area contributed by atoms with Gasteiger partial charge >= 0.3 is 0 Å². The summed E-state index contributed by atoms with van der Waals surface area (Å²) in [6.07, 6.45) is 1.33. The predicted octanol–water partition coefficient (Wildman–Crippen LogP) is 3.54. The average molecular weight is 370 g/mol. The number of carbonyl (C=O) groups excluding carboxylic acids is 3. The Hall–Kier alpha value is -2.47. The molecule has 0 unspecified atom stereocenters. The van der Waals surface area contributed by atoms with Gasteiger partial charge in [0.15, 0.2) is 0 Å². The molecule has 0 radical (unpaired) electrons. The van der Waals surface area contributed by atoms with E-state index in [9.17, 15) is 14.4 Å². The van der Waals surface area contributed by atoms with Crippen LogP contribution in [0.4, 0.5) is 5.00 Å². The first kappa shape index (κ1) is 18.3. The van der Waals surface area contributed by atoms with Crippen LogP contribution in [-0.2, 0) is 17.6 Å². The zero-order valence-electron chi connectivity index (χ0n) is 15.1. The smallest absolute Gasteiger partial charge is 0.256 e. The second-order valence-electron chi connectivity index (χ2n) is 6.73. The van der Waals surface area contributed by atoms with Gasteiger partial charge in [0.2, 0.25) is 0 Å².